The number of nitrogens with two attached hydrogens (primary N) is 1. The molecule has 0 aliphatic carbocycles. The topological polar surface area (TPSA) is 51.2 Å². The molecule has 0 saturated carbocycles. The summed E-state index contributed by atoms with van der Waals surface area (Å²) in [5, 5.41) is 0.368. The summed E-state index contributed by atoms with van der Waals surface area (Å²) < 4.78 is 5.39. The first-order valence-electron chi connectivity index (χ1n) is 6.04. The number of furan rings is 1. The highest BCUT2D eigenvalue weighted by Crippen LogP contribution is 2.25. The molecule has 1 aromatic heterocycles. The summed E-state index contributed by atoms with van der Waals surface area (Å²) in [6, 6.07) is 11.7. The van der Waals surface area contributed by atoms with Crippen molar-refractivity contribution in [3.05, 3.63) is 58.5 Å². The van der Waals surface area contributed by atoms with Crippen molar-refractivity contribution >= 4 is 11.6 Å². The Labute approximate surface area is 112 Å². The average molecular weight is 265 g/mol. The van der Waals surface area contributed by atoms with Crippen molar-refractivity contribution < 1.29 is 4.42 Å². The number of nitrogens with one attached hydrogen (secondary N) is 1. The van der Waals surface area contributed by atoms with Gasteiger partial charge in [-0.05, 0) is 41.3 Å². The van der Waals surface area contributed by atoms with E-state index >= 15 is 0 Å². The van der Waals surface area contributed by atoms with Crippen molar-refractivity contribution in [2.75, 3.05) is 0 Å². The van der Waals surface area contributed by atoms with Crippen LogP contribution in [0.1, 0.15) is 36.3 Å². The smallest absolute Gasteiger partial charge is 0.193 e. The van der Waals surface area contributed by atoms with Gasteiger partial charge in [0, 0.05) is 0 Å². The highest BCUT2D eigenvalue weighted by Gasteiger charge is 2.16. The lowest BCUT2D eigenvalue weighted by Gasteiger charge is -2.14. The van der Waals surface area contributed by atoms with Crippen LogP contribution in [0.5, 0.6) is 0 Å². The van der Waals surface area contributed by atoms with Gasteiger partial charge in [0.25, 0.3) is 0 Å². The molecule has 0 aliphatic rings. The lowest BCUT2D eigenvalue weighted by atomic mass is 10.0. The van der Waals surface area contributed by atoms with Gasteiger partial charge < -0.3 is 4.42 Å². The largest absolute Gasteiger partial charge is 0.448 e. The fourth-order valence-electron chi connectivity index (χ4n) is 1.99. The van der Waals surface area contributed by atoms with Crippen molar-refractivity contribution in [1.29, 1.82) is 0 Å². The summed E-state index contributed by atoms with van der Waals surface area (Å²) in [6.07, 6.45) is 2.24. The van der Waals surface area contributed by atoms with Gasteiger partial charge in [0.2, 0.25) is 0 Å². The van der Waals surface area contributed by atoms with Gasteiger partial charge in [-0.15, -0.1) is 0 Å². The van der Waals surface area contributed by atoms with Crippen LogP contribution in [0.3, 0.4) is 0 Å². The molecule has 0 saturated heterocycles. The van der Waals surface area contributed by atoms with E-state index in [-0.39, 0.29) is 6.04 Å². The van der Waals surface area contributed by atoms with E-state index in [1.54, 1.807) is 6.07 Å². The van der Waals surface area contributed by atoms with Crippen LogP contribution in [0.4, 0.5) is 0 Å². The summed E-state index contributed by atoms with van der Waals surface area (Å²) >= 11 is 5.78. The summed E-state index contributed by atoms with van der Waals surface area (Å²) in [7, 11) is 0. The third-order valence-electron chi connectivity index (χ3n) is 2.90. The van der Waals surface area contributed by atoms with E-state index in [4.69, 9.17) is 21.9 Å². The van der Waals surface area contributed by atoms with Crippen molar-refractivity contribution in [2.24, 2.45) is 5.84 Å². The Morgan fingerprint density at radius 3 is 2.44 bits per heavy atom. The van der Waals surface area contributed by atoms with Crippen LogP contribution in [0.2, 0.25) is 5.22 Å². The Balaban J connectivity index is 2.22. The van der Waals surface area contributed by atoms with Crippen LogP contribution in [0.25, 0.3) is 0 Å². The van der Waals surface area contributed by atoms with Gasteiger partial charge in [0.15, 0.2) is 5.22 Å². The number of benzene rings is 1. The Hall–Kier alpha value is -1.29. The van der Waals surface area contributed by atoms with Crippen molar-refractivity contribution in [3.63, 3.8) is 0 Å². The number of halogens is 1. The Morgan fingerprint density at radius 2 is 1.94 bits per heavy atom. The fourth-order valence-corrected chi connectivity index (χ4v) is 2.14. The Kier molecular flexibility index (Phi) is 4.42. The van der Waals surface area contributed by atoms with E-state index in [9.17, 15) is 0 Å². The highest BCUT2D eigenvalue weighted by molar-refractivity contribution is 6.28. The molecule has 0 fully saturated rings. The van der Waals surface area contributed by atoms with E-state index in [0.29, 0.717) is 11.0 Å². The molecule has 1 unspecified atom stereocenters. The minimum absolute atomic E-state index is 0.173. The normalized spacial score (nSPS) is 12.6. The maximum Gasteiger partial charge on any atom is 0.193 e. The van der Waals surface area contributed by atoms with Crippen LogP contribution in [-0.2, 0) is 6.42 Å². The number of rotatable bonds is 5. The van der Waals surface area contributed by atoms with Crippen molar-refractivity contribution in [2.45, 2.75) is 25.8 Å². The van der Waals surface area contributed by atoms with E-state index in [0.717, 1.165) is 18.4 Å². The standard InChI is InChI=1S/C14H17ClN2O/c1-2-3-10-4-6-11(7-5-10)14(17-16)12-8-9-13(15)18-12/h4-9,14,17H,2-3,16H2,1H3. The van der Waals surface area contributed by atoms with E-state index in [1.165, 1.54) is 5.56 Å². The molecule has 4 heteroatoms. The molecule has 2 aromatic rings. The first kappa shape index (κ1) is 13.1. The predicted molar refractivity (Wildman–Crippen MR) is 73.3 cm³/mol. The zero-order valence-electron chi connectivity index (χ0n) is 10.3. The van der Waals surface area contributed by atoms with Crippen LogP contribution >= 0.6 is 11.6 Å². The Morgan fingerprint density at radius 1 is 1.22 bits per heavy atom. The molecule has 3 nitrogen and oxygen atoms in total. The Bertz CT molecular complexity index is 493. The molecule has 1 atom stereocenters. The lowest BCUT2D eigenvalue weighted by molar-refractivity contribution is 0.453. The van der Waals surface area contributed by atoms with Crippen molar-refractivity contribution in [3.8, 4) is 0 Å². The number of hydrogen-bond acceptors (Lipinski definition) is 3. The van der Waals surface area contributed by atoms with Crippen LogP contribution < -0.4 is 11.3 Å². The molecule has 0 bridgehead atoms. The second-order valence-corrected chi connectivity index (χ2v) is 4.61. The summed E-state index contributed by atoms with van der Waals surface area (Å²) in [6.45, 7) is 2.17. The van der Waals surface area contributed by atoms with Crippen LogP contribution in [0, 0.1) is 0 Å². The highest BCUT2D eigenvalue weighted by atomic mass is 35.5. The summed E-state index contributed by atoms with van der Waals surface area (Å²) in [4.78, 5) is 0. The number of aryl methyl sites for hydroxylation is 1. The maximum absolute atomic E-state index is 5.78. The molecule has 0 radical (unpaired) electrons. The van der Waals surface area contributed by atoms with Gasteiger partial charge in [-0.2, -0.15) is 0 Å². The summed E-state index contributed by atoms with van der Waals surface area (Å²) in [5.41, 5.74) is 5.13. The minimum atomic E-state index is -0.173. The van der Waals surface area contributed by atoms with Gasteiger partial charge >= 0.3 is 0 Å². The summed E-state index contributed by atoms with van der Waals surface area (Å²) in [5.74, 6) is 6.30. The molecular formula is C14H17ClN2O. The molecule has 0 amide bonds. The molecule has 18 heavy (non-hydrogen) atoms. The monoisotopic (exact) mass is 264 g/mol. The van der Waals surface area contributed by atoms with E-state index < -0.39 is 0 Å². The quantitative estimate of drug-likeness (QED) is 0.643. The first-order chi connectivity index (χ1) is 8.74. The van der Waals surface area contributed by atoms with Gasteiger partial charge in [-0.25, -0.2) is 5.43 Å². The first-order valence-corrected chi connectivity index (χ1v) is 6.42. The maximum atomic E-state index is 5.78. The van der Waals surface area contributed by atoms with Crippen molar-refractivity contribution in [1.82, 2.24) is 5.43 Å². The molecular weight excluding hydrogens is 248 g/mol. The third kappa shape index (κ3) is 2.93. The van der Waals surface area contributed by atoms with E-state index in [1.807, 2.05) is 6.07 Å². The second kappa shape index (κ2) is 6.05. The average Bonchev–Trinajstić information content (AvgIpc) is 2.79. The number of hydrazine groups is 1. The lowest BCUT2D eigenvalue weighted by Crippen LogP contribution is -2.28. The molecule has 1 heterocycles. The molecule has 96 valence electrons. The van der Waals surface area contributed by atoms with Gasteiger partial charge in [0.05, 0.1) is 0 Å². The van der Waals surface area contributed by atoms with Crippen LogP contribution in [-0.4, -0.2) is 0 Å². The zero-order chi connectivity index (χ0) is 13.0. The fraction of sp³-hybridized carbons (Fsp3) is 0.286. The van der Waals surface area contributed by atoms with Gasteiger partial charge in [-0.3, -0.25) is 5.84 Å². The molecule has 0 aliphatic heterocycles. The number of hydrogen-bond donors (Lipinski definition) is 2. The SMILES string of the molecule is CCCc1ccc(C(NN)c2ccc(Cl)o2)cc1. The zero-order valence-corrected chi connectivity index (χ0v) is 11.1. The molecule has 2 rings (SSSR count). The van der Waals surface area contributed by atoms with E-state index in [2.05, 4.69) is 36.6 Å². The van der Waals surface area contributed by atoms with Gasteiger partial charge in [0.1, 0.15) is 11.8 Å². The molecule has 1 aromatic carbocycles. The minimum Gasteiger partial charge on any atom is -0.448 e. The molecule has 0 spiro atoms. The molecule has 3 N–H and O–H groups in total. The third-order valence-corrected chi connectivity index (χ3v) is 3.10. The van der Waals surface area contributed by atoms with Crippen LogP contribution in [0.15, 0.2) is 40.8 Å². The second-order valence-electron chi connectivity index (χ2n) is 4.23. The predicted octanol–water partition coefficient (Wildman–Crippen LogP) is 3.44. The van der Waals surface area contributed by atoms with Gasteiger partial charge in [-0.1, -0.05) is 37.6 Å².